The number of amides is 1. The van der Waals surface area contributed by atoms with Gasteiger partial charge in [-0.2, -0.15) is 0 Å². The molecule has 0 saturated carbocycles. The number of carbonyl (C=O) groups excluding carboxylic acids is 1. The molecule has 3 aromatic rings. The molecule has 1 heterocycles. The fraction of sp³-hybridized carbons (Fsp3) is 0.238. The van der Waals surface area contributed by atoms with E-state index in [1.54, 1.807) is 0 Å². The Labute approximate surface area is 182 Å². The van der Waals surface area contributed by atoms with E-state index in [-0.39, 0.29) is 12.5 Å². The lowest BCUT2D eigenvalue weighted by molar-refractivity contribution is -0.118. The van der Waals surface area contributed by atoms with Gasteiger partial charge in [-0.15, -0.1) is 11.3 Å². The zero-order chi connectivity index (χ0) is 20.4. The van der Waals surface area contributed by atoms with E-state index in [4.69, 9.17) is 16.3 Å². The average molecular weight is 480 g/mol. The molecule has 1 aromatic heterocycles. The molecule has 0 bridgehead atoms. The SMILES string of the molecule is Cc1ccc(C)c(-c2csc(NC(=O)COc3cc(C)c(Cl)c(C)c3Br)n2)c1. The predicted molar refractivity (Wildman–Crippen MR) is 120 cm³/mol. The summed E-state index contributed by atoms with van der Waals surface area (Å²) in [6.07, 6.45) is 0. The zero-order valence-corrected chi connectivity index (χ0v) is 19.2. The molecule has 0 saturated heterocycles. The predicted octanol–water partition coefficient (Wildman–Crippen LogP) is 6.48. The maximum absolute atomic E-state index is 12.3. The fourth-order valence-electron chi connectivity index (χ4n) is 2.77. The van der Waals surface area contributed by atoms with Crippen molar-refractivity contribution < 1.29 is 9.53 Å². The van der Waals surface area contributed by atoms with Crippen molar-refractivity contribution in [1.82, 2.24) is 4.98 Å². The van der Waals surface area contributed by atoms with E-state index >= 15 is 0 Å². The van der Waals surface area contributed by atoms with Gasteiger partial charge in [0.25, 0.3) is 5.91 Å². The summed E-state index contributed by atoms with van der Waals surface area (Å²) < 4.78 is 6.43. The van der Waals surface area contributed by atoms with Crippen molar-refractivity contribution in [2.24, 2.45) is 0 Å². The van der Waals surface area contributed by atoms with Gasteiger partial charge >= 0.3 is 0 Å². The highest BCUT2D eigenvalue weighted by Crippen LogP contribution is 2.35. The number of ether oxygens (including phenoxy) is 1. The van der Waals surface area contributed by atoms with Crippen LogP contribution in [0.2, 0.25) is 5.02 Å². The number of hydrogen-bond acceptors (Lipinski definition) is 4. The third kappa shape index (κ3) is 4.57. The second-order valence-corrected chi connectivity index (χ2v) is 8.67. The number of aromatic nitrogens is 1. The molecule has 0 aliphatic heterocycles. The van der Waals surface area contributed by atoms with Gasteiger partial charge in [0.1, 0.15) is 5.75 Å². The lowest BCUT2D eigenvalue weighted by atomic mass is 10.0. The minimum Gasteiger partial charge on any atom is -0.483 e. The molecule has 0 aliphatic rings. The summed E-state index contributed by atoms with van der Waals surface area (Å²) in [5.74, 6) is 0.323. The minimum absolute atomic E-state index is 0.114. The summed E-state index contributed by atoms with van der Waals surface area (Å²) in [5.41, 5.74) is 6.03. The zero-order valence-electron chi connectivity index (χ0n) is 16.0. The number of aryl methyl sites for hydroxylation is 3. The molecule has 1 N–H and O–H groups in total. The summed E-state index contributed by atoms with van der Waals surface area (Å²) in [4.78, 5) is 16.8. The Morgan fingerprint density at radius 3 is 2.71 bits per heavy atom. The summed E-state index contributed by atoms with van der Waals surface area (Å²) in [6, 6.07) is 8.06. The highest BCUT2D eigenvalue weighted by atomic mass is 79.9. The van der Waals surface area contributed by atoms with Gasteiger partial charge in [0.2, 0.25) is 0 Å². The number of halogens is 2. The van der Waals surface area contributed by atoms with Gasteiger partial charge in [-0.25, -0.2) is 4.98 Å². The largest absolute Gasteiger partial charge is 0.483 e. The van der Waals surface area contributed by atoms with Crippen molar-refractivity contribution in [2.75, 3.05) is 11.9 Å². The van der Waals surface area contributed by atoms with Crippen molar-refractivity contribution in [2.45, 2.75) is 27.7 Å². The van der Waals surface area contributed by atoms with E-state index in [2.05, 4.69) is 44.4 Å². The first-order chi connectivity index (χ1) is 13.3. The number of anilines is 1. The van der Waals surface area contributed by atoms with E-state index in [9.17, 15) is 4.79 Å². The lowest BCUT2D eigenvalue weighted by Crippen LogP contribution is -2.20. The number of benzene rings is 2. The minimum atomic E-state index is -0.265. The molecule has 146 valence electrons. The van der Waals surface area contributed by atoms with Crippen LogP contribution in [0.3, 0.4) is 0 Å². The standard InChI is InChI=1S/C21H20BrClN2O2S/c1-11-5-6-12(2)15(7-11)16-10-28-21(24-16)25-18(26)9-27-17-8-13(3)20(23)14(4)19(17)22/h5-8,10H,9H2,1-4H3,(H,24,25,26). The molecular weight excluding hydrogens is 460 g/mol. The van der Waals surface area contributed by atoms with Crippen molar-refractivity contribution in [1.29, 1.82) is 0 Å². The van der Waals surface area contributed by atoms with Crippen LogP contribution in [0.4, 0.5) is 5.13 Å². The molecule has 1 amide bonds. The Bertz CT molecular complexity index is 1050. The molecule has 0 fully saturated rings. The second kappa shape index (κ2) is 8.64. The molecule has 7 heteroatoms. The van der Waals surface area contributed by atoms with Crippen LogP contribution in [0, 0.1) is 27.7 Å². The number of hydrogen-bond donors (Lipinski definition) is 1. The summed E-state index contributed by atoms with van der Waals surface area (Å²) in [6.45, 7) is 7.79. The van der Waals surface area contributed by atoms with Gasteiger partial charge in [-0.3, -0.25) is 10.1 Å². The van der Waals surface area contributed by atoms with Gasteiger partial charge in [-0.1, -0.05) is 29.3 Å². The number of carbonyl (C=O) groups is 1. The average Bonchev–Trinajstić information content (AvgIpc) is 3.12. The van der Waals surface area contributed by atoms with Crippen molar-refractivity contribution >= 4 is 49.9 Å². The van der Waals surface area contributed by atoms with Gasteiger partial charge in [0.05, 0.1) is 10.2 Å². The topological polar surface area (TPSA) is 51.2 Å². The molecule has 0 atom stereocenters. The number of nitrogens with zero attached hydrogens (tertiary/aromatic N) is 1. The first-order valence-corrected chi connectivity index (χ1v) is 10.7. The van der Waals surface area contributed by atoms with E-state index in [1.807, 2.05) is 39.1 Å². The highest BCUT2D eigenvalue weighted by molar-refractivity contribution is 9.10. The van der Waals surface area contributed by atoms with Crippen LogP contribution >= 0.6 is 38.9 Å². The summed E-state index contributed by atoms with van der Waals surface area (Å²) >= 11 is 11.1. The van der Waals surface area contributed by atoms with E-state index in [1.165, 1.54) is 16.9 Å². The normalized spacial score (nSPS) is 10.8. The Morgan fingerprint density at radius 2 is 1.96 bits per heavy atom. The fourth-order valence-corrected chi connectivity index (χ4v) is 4.19. The van der Waals surface area contributed by atoms with E-state index in [0.717, 1.165) is 32.4 Å². The number of nitrogens with one attached hydrogen (secondary N) is 1. The van der Waals surface area contributed by atoms with Crippen LogP contribution in [0.5, 0.6) is 5.75 Å². The smallest absolute Gasteiger partial charge is 0.264 e. The Morgan fingerprint density at radius 1 is 1.21 bits per heavy atom. The van der Waals surface area contributed by atoms with Crippen molar-refractivity contribution in [3.63, 3.8) is 0 Å². The second-order valence-electron chi connectivity index (χ2n) is 6.64. The Balaban J connectivity index is 1.67. The van der Waals surface area contributed by atoms with Gasteiger partial charge in [-0.05, 0) is 72.4 Å². The maximum Gasteiger partial charge on any atom is 0.264 e. The van der Waals surface area contributed by atoms with Crippen molar-refractivity contribution in [3.05, 3.63) is 61.4 Å². The molecule has 0 unspecified atom stereocenters. The molecule has 28 heavy (non-hydrogen) atoms. The van der Waals surface area contributed by atoms with Gasteiger partial charge in [0, 0.05) is 16.0 Å². The maximum atomic E-state index is 12.3. The van der Waals surface area contributed by atoms with Crippen LogP contribution < -0.4 is 10.1 Å². The third-order valence-electron chi connectivity index (χ3n) is 4.35. The van der Waals surface area contributed by atoms with Crippen LogP contribution in [-0.4, -0.2) is 17.5 Å². The first kappa shape index (κ1) is 20.8. The Kier molecular flexibility index (Phi) is 6.43. The van der Waals surface area contributed by atoms with Crippen LogP contribution in [-0.2, 0) is 4.79 Å². The molecule has 0 radical (unpaired) electrons. The molecule has 2 aromatic carbocycles. The quantitative estimate of drug-likeness (QED) is 0.456. The number of thiazole rings is 1. The first-order valence-electron chi connectivity index (χ1n) is 8.67. The highest BCUT2D eigenvalue weighted by Gasteiger charge is 2.14. The van der Waals surface area contributed by atoms with Gasteiger partial charge < -0.3 is 4.74 Å². The van der Waals surface area contributed by atoms with Crippen LogP contribution in [0.15, 0.2) is 34.1 Å². The molecular formula is C21H20BrClN2O2S. The third-order valence-corrected chi connectivity index (χ3v) is 6.67. The molecule has 4 nitrogen and oxygen atoms in total. The molecule has 0 spiro atoms. The number of rotatable bonds is 5. The molecule has 0 aliphatic carbocycles. The summed E-state index contributed by atoms with van der Waals surface area (Å²) in [7, 11) is 0. The van der Waals surface area contributed by atoms with Gasteiger partial charge in [0.15, 0.2) is 11.7 Å². The van der Waals surface area contributed by atoms with Crippen molar-refractivity contribution in [3.8, 4) is 17.0 Å². The molecule has 3 rings (SSSR count). The Hall–Kier alpha value is -1.89. The monoisotopic (exact) mass is 478 g/mol. The summed E-state index contributed by atoms with van der Waals surface area (Å²) in [5, 5.41) is 5.98. The van der Waals surface area contributed by atoms with E-state index in [0.29, 0.717) is 15.9 Å². The van der Waals surface area contributed by atoms with E-state index < -0.39 is 0 Å². The lowest BCUT2D eigenvalue weighted by Gasteiger charge is -2.12. The van der Waals surface area contributed by atoms with Crippen LogP contribution in [0.25, 0.3) is 11.3 Å². The van der Waals surface area contributed by atoms with Crippen LogP contribution in [0.1, 0.15) is 22.3 Å².